The maximum atomic E-state index is 13.7. The molecule has 0 atom stereocenters. The molecule has 0 radical (unpaired) electrons. The number of hydrogen-bond acceptors (Lipinski definition) is 13. The number of fused-ring (bicyclic) bond motifs is 2. The van der Waals surface area contributed by atoms with Gasteiger partial charge in [-0.2, -0.15) is 5.26 Å². The number of nitrogen functional groups attached to an aromatic ring is 1. The third kappa shape index (κ3) is 15.8. The van der Waals surface area contributed by atoms with Crippen LogP contribution in [0.15, 0.2) is 97.3 Å². The molecule has 2 aliphatic rings. The Hall–Kier alpha value is -8.50. The number of carbonyl (C=O) groups excluding carboxylic acids is 4. The molecule has 4 amide bonds. The first kappa shape index (κ1) is 58.4. The molecule has 0 saturated carbocycles. The van der Waals surface area contributed by atoms with Gasteiger partial charge in [0.25, 0.3) is 11.8 Å². The van der Waals surface area contributed by atoms with Crippen molar-refractivity contribution in [3.63, 3.8) is 0 Å². The van der Waals surface area contributed by atoms with Crippen molar-refractivity contribution in [1.82, 2.24) is 29.6 Å². The third-order valence-corrected chi connectivity index (χ3v) is 11.9. The van der Waals surface area contributed by atoms with Gasteiger partial charge in [-0.15, -0.1) is 0 Å². The minimum atomic E-state index is -1.07. The number of carbonyl (C=O) groups is 6. The molecule has 4 heterocycles. The van der Waals surface area contributed by atoms with Crippen molar-refractivity contribution in [2.45, 2.75) is 73.5 Å². The molecular weight excluding hydrogens is 994 g/mol. The number of nitrogens with one attached hydrogen (secondary N) is 1. The molecule has 0 unspecified atom stereocenters. The monoisotopic (exact) mass is 1060 g/mol. The average Bonchev–Trinajstić information content (AvgIpc) is 3.37. The molecule has 20 heteroatoms. The van der Waals surface area contributed by atoms with Gasteiger partial charge >= 0.3 is 24.1 Å². The molecule has 5 N–H and O–H groups in total. The van der Waals surface area contributed by atoms with E-state index in [1.165, 1.54) is 31.5 Å². The first-order chi connectivity index (χ1) is 35.8. The highest BCUT2D eigenvalue weighted by Crippen LogP contribution is 2.33. The number of piperazine rings is 2. The van der Waals surface area contributed by atoms with Gasteiger partial charge in [0.05, 0.1) is 55.8 Å². The fourth-order valence-electron chi connectivity index (χ4n) is 7.81. The lowest BCUT2D eigenvalue weighted by Crippen LogP contribution is -2.51. The van der Waals surface area contributed by atoms with Gasteiger partial charge in [0.1, 0.15) is 11.2 Å². The Morgan fingerprint density at radius 1 is 0.605 bits per heavy atom. The summed E-state index contributed by atoms with van der Waals surface area (Å²) in [7, 11) is 0. The van der Waals surface area contributed by atoms with Crippen LogP contribution in [0.5, 0.6) is 0 Å². The number of halogens is 1. The van der Waals surface area contributed by atoms with E-state index in [-0.39, 0.29) is 29.0 Å². The summed E-state index contributed by atoms with van der Waals surface area (Å²) in [6.07, 6.45) is 2.30. The Balaban J connectivity index is 0.000000233. The van der Waals surface area contributed by atoms with Crippen molar-refractivity contribution in [2.24, 2.45) is 0 Å². The van der Waals surface area contributed by atoms with Crippen molar-refractivity contribution >= 4 is 86.4 Å². The van der Waals surface area contributed by atoms with Crippen LogP contribution in [0.3, 0.4) is 0 Å². The highest BCUT2D eigenvalue weighted by molar-refractivity contribution is 6.38. The van der Waals surface area contributed by atoms with E-state index in [9.17, 15) is 33.9 Å². The number of aromatic carboxylic acids is 2. The second-order valence-corrected chi connectivity index (χ2v) is 20.1. The van der Waals surface area contributed by atoms with Crippen LogP contribution >= 0.6 is 11.6 Å². The number of nitriles is 1. The molecule has 2 saturated heterocycles. The van der Waals surface area contributed by atoms with Gasteiger partial charge in [0.15, 0.2) is 0 Å². The Bertz CT molecular complexity index is 3150. The highest BCUT2D eigenvalue weighted by atomic mass is 35.5. The summed E-state index contributed by atoms with van der Waals surface area (Å²) in [5, 5.41) is 30.6. The number of aromatic nitrogens is 2. The van der Waals surface area contributed by atoms with Crippen molar-refractivity contribution < 1.29 is 48.5 Å². The quantitative estimate of drug-likeness (QED) is 0.113. The summed E-state index contributed by atoms with van der Waals surface area (Å²) in [5.41, 5.74) is 9.84. The zero-order valence-corrected chi connectivity index (χ0v) is 44.9. The lowest BCUT2D eigenvalue weighted by Gasteiger charge is -2.35. The summed E-state index contributed by atoms with van der Waals surface area (Å²) in [6, 6.07) is 26.2. The highest BCUT2D eigenvalue weighted by Gasteiger charge is 2.31. The molecule has 2 fully saturated rings. The van der Waals surface area contributed by atoms with Crippen LogP contribution in [0.1, 0.15) is 101 Å². The number of nitrogens with two attached hydrogens (primary N) is 1. The molecule has 6 aromatic rings. The van der Waals surface area contributed by atoms with Crippen molar-refractivity contribution in [2.75, 3.05) is 63.4 Å². The van der Waals surface area contributed by atoms with Crippen LogP contribution in [0.25, 0.3) is 21.8 Å². The number of rotatable bonds is 6. The van der Waals surface area contributed by atoms with Gasteiger partial charge in [-0.05, 0) is 104 Å². The maximum Gasteiger partial charge on any atom is 0.410 e. The third-order valence-electron chi connectivity index (χ3n) is 11.5. The zero-order valence-electron chi connectivity index (χ0n) is 44.1. The van der Waals surface area contributed by atoms with E-state index in [1.54, 1.807) is 62.1 Å². The number of benzene rings is 4. The number of carboxylic acid groups (broad SMARTS) is 2. The second-order valence-electron chi connectivity index (χ2n) is 19.7. The summed E-state index contributed by atoms with van der Waals surface area (Å²) in [5.74, 6) is -2.47. The summed E-state index contributed by atoms with van der Waals surface area (Å²) < 4.78 is 10.8. The number of nitrogens with zero attached hydrogens (tertiary/aromatic N) is 7. The van der Waals surface area contributed by atoms with Crippen molar-refractivity contribution in [3.8, 4) is 6.07 Å². The molecule has 8 rings (SSSR count). The molecule has 2 aliphatic heterocycles. The SMILES string of the molecule is CC#N.Cc1ccc2ncc(C(=O)N3CCN(C(=O)OC(C)(C)C)CC3)c(Cl)c2c1.Cc1ccc2ncc(C(=O)N3CCN(C(=O)OC(C)(C)C)CC3)c(Nc3ccccc3C(=O)O)c2c1.Nc1ccccc1C(=O)O. The Labute approximate surface area is 446 Å². The Kier molecular flexibility index (Phi) is 19.7. The first-order valence-corrected chi connectivity index (χ1v) is 24.7. The first-order valence-electron chi connectivity index (χ1n) is 24.3. The van der Waals surface area contributed by atoms with Gasteiger partial charge in [-0.1, -0.05) is 59.1 Å². The molecule has 0 bridgehead atoms. The Morgan fingerprint density at radius 2 is 1.00 bits per heavy atom. The van der Waals surface area contributed by atoms with E-state index in [0.29, 0.717) is 96.5 Å². The number of amides is 4. The molecule has 76 heavy (non-hydrogen) atoms. The van der Waals surface area contributed by atoms with E-state index >= 15 is 0 Å². The number of para-hydroxylation sites is 2. The number of hydrogen-bond donors (Lipinski definition) is 4. The Morgan fingerprint density at radius 3 is 1.45 bits per heavy atom. The minimum absolute atomic E-state index is 0.0967. The average molecular weight is 1060 g/mol. The number of aryl methyl sites for hydroxylation is 2. The fourth-order valence-corrected chi connectivity index (χ4v) is 8.09. The molecule has 19 nitrogen and oxygen atoms in total. The number of pyridine rings is 2. The summed E-state index contributed by atoms with van der Waals surface area (Å²) in [4.78, 5) is 88.8. The molecule has 400 valence electrons. The second kappa shape index (κ2) is 25.6. The smallest absolute Gasteiger partial charge is 0.410 e. The molecule has 0 spiro atoms. The lowest BCUT2D eigenvalue weighted by molar-refractivity contribution is 0.0136. The van der Waals surface area contributed by atoms with Crippen LogP contribution in [0.4, 0.5) is 26.7 Å². The fraction of sp³-hybridized carbons (Fsp3) is 0.339. The van der Waals surface area contributed by atoms with Gasteiger partial charge < -0.3 is 50.3 Å². The molecule has 2 aromatic heterocycles. The van der Waals surface area contributed by atoms with Crippen LogP contribution in [-0.2, 0) is 9.47 Å². The van der Waals surface area contributed by atoms with E-state index in [2.05, 4.69) is 15.3 Å². The van der Waals surface area contributed by atoms with Gasteiger partial charge in [0, 0.05) is 88.1 Å². The predicted octanol–water partition coefficient (Wildman–Crippen LogP) is 10.1. The van der Waals surface area contributed by atoms with E-state index in [1.807, 2.05) is 91.8 Å². The predicted molar refractivity (Wildman–Crippen MR) is 291 cm³/mol. The van der Waals surface area contributed by atoms with Gasteiger partial charge in [0.2, 0.25) is 0 Å². The topological polar surface area (TPSA) is 262 Å². The minimum Gasteiger partial charge on any atom is -0.478 e. The maximum absolute atomic E-state index is 13.7. The van der Waals surface area contributed by atoms with E-state index < -0.39 is 29.2 Å². The van der Waals surface area contributed by atoms with E-state index in [0.717, 1.165) is 22.0 Å². The number of ether oxygens (including phenoxy) is 2. The standard InChI is InChI=1S/C27H30N4O5.C20H24ClN3O3.C7H7NO2.C2H3N/c1-17-9-10-21-19(15-17)23(29-22-8-6-5-7-18(22)25(33)34)20(16-28-21)24(32)30-11-13-31(14-12-30)26(35)36-27(2,3)4;1-13-5-6-16-14(11-13)17(21)15(12-22-16)18(25)23-7-9-24(10-8-23)19(26)27-20(2,3)4;8-6-4-2-1-3-5(6)7(9)10;1-2-3/h5-10,15-16H,11-14H2,1-4H3,(H,28,29)(H,33,34);5-6,11-12H,7-10H2,1-4H3;1-4H,8H2,(H,9,10);1H3. The van der Waals surface area contributed by atoms with Gasteiger partial charge in [-0.25, -0.2) is 19.2 Å². The summed E-state index contributed by atoms with van der Waals surface area (Å²) in [6.45, 7) is 19.4. The van der Waals surface area contributed by atoms with Crippen LogP contribution < -0.4 is 11.1 Å². The number of carboxylic acids is 2. The molecular formula is C56H64ClN9O10. The van der Waals surface area contributed by atoms with Crippen LogP contribution in [0, 0.1) is 25.2 Å². The van der Waals surface area contributed by atoms with Crippen molar-refractivity contribution in [1.29, 1.82) is 5.26 Å². The largest absolute Gasteiger partial charge is 0.478 e. The zero-order chi connectivity index (χ0) is 56.1. The normalized spacial score (nSPS) is 13.3. The van der Waals surface area contributed by atoms with Gasteiger partial charge in [-0.3, -0.25) is 19.6 Å². The van der Waals surface area contributed by atoms with E-state index in [4.69, 9.17) is 37.2 Å². The molecule has 4 aromatic carbocycles. The lowest BCUT2D eigenvalue weighted by atomic mass is 10.0. The van der Waals surface area contributed by atoms with Crippen LogP contribution in [0.2, 0.25) is 5.02 Å². The summed E-state index contributed by atoms with van der Waals surface area (Å²) >= 11 is 6.51. The van der Waals surface area contributed by atoms with Crippen molar-refractivity contribution in [3.05, 3.63) is 136 Å². The molecule has 0 aliphatic carbocycles. The number of anilines is 3. The van der Waals surface area contributed by atoms with Crippen LogP contribution in [-0.4, -0.2) is 139 Å².